The standard InChI is InChI=1S/C25H23F2N5O2S/c1-18-7-5-6-10-23(18)30-25(29-17-28)31-11-12-32(24(16-31)19-8-3-2-4-9-19)35(33,34)22-14-20(26)13-21(27)15-22/h2-10,13-15,24H,11-12,16H2,1H3,(H,29,30). The summed E-state index contributed by atoms with van der Waals surface area (Å²) < 4.78 is 55.9. The molecule has 1 atom stereocenters. The van der Waals surface area contributed by atoms with Gasteiger partial charge in [-0.05, 0) is 36.2 Å². The molecule has 1 fully saturated rings. The zero-order valence-corrected chi connectivity index (χ0v) is 19.7. The van der Waals surface area contributed by atoms with E-state index in [4.69, 9.17) is 0 Å². The molecule has 0 aliphatic carbocycles. The maximum atomic E-state index is 13.9. The third kappa shape index (κ3) is 5.31. The first-order valence-electron chi connectivity index (χ1n) is 10.9. The summed E-state index contributed by atoms with van der Waals surface area (Å²) in [4.78, 5) is 5.30. The van der Waals surface area contributed by atoms with E-state index in [2.05, 4.69) is 10.3 Å². The van der Waals surface area contributed by atoms with Crippen LogP contribution < -0.4 is 5.32 Å². The molecule has 180 valence electrons. The molecule has 1 unspecified atom stereocenters. The summed E-state index contributed by atoms with van der Waals surface area (Å²) >= 11 is 0. The van der Waals surface area contributed by atoms with Crippen LogP contribution in [0.1, 0.15) is 17.2 Å². The van der Waals surface area contributed by atoms with Crippen LogP contribution in [0.5, 0.6) is 0 Å². The highest BCUT2D eigenvalue weighted by Gasteiger charge is 2.38. The van der Waals surface area contributed by atoms with Gasteiger partial charge in [-0.1, -0.05) is 48.5 Å². The fourth-order valence-corrected chi connectivity index (χ4v) is 5.70. The molecule has 10 heteroatoms. The molecular weight excluding hydrogens is 472 g/mol. The van der Waals surface area contributed by atoms with Gasteiger partial charge in [0.2, 0.25) is 22.2 Å². The first kappa shape index (κ1) is 24.3. The predicted octanol–water partition coefficient (Wildman–Crippen LogP) is 4.27. The minimum atomic E-state index is -4.23. The summed E-state index contributed by atoms with van der Waals surface area (Å²) in [5, 5.41) is 12.5. The number of para-hydroxylation sites is 1. The number of guanidine groups is 1. The topological polar surface area (TPSA) is 88.8 Å². The Morgan fingerprint density at radius 3 is 2.34 bits per heavy atom. The van der Waals surface area contributed by atoms with Crippen molar-refractivity contribution in [1.29, 1.82) is 5.26 Å². The SMILES string of the molecule is Cc1ccccc1N/C(=N/C#N)N1CCN(S(=O)(=O)c2cc(F)cc(F)c2)C(c2ccccc2)C1. The minimum Gasteiger partial charge on any atom is -0.339 e. The van der Waals surface area contributed by atoms with Gasteiger partial charge in [0.25, 0.3) is 0 Å². The third-order valence-electron chi connectivity index (χ3n) is 5.81. The fraction of sp³-hybridized carbons (Fsp3) is 0.200. The first-order valence-corrected chi connectivity index (χ1v) is 12.3. The number of hydrogen-bond acceptors (Lipinski definition) is 4. The molecule has 1 aliphatic heterocycles. The van der Waals surface area contributed by atoms with Gasteiger partial charge in [-0.25, -0.2) is 17.2 Å². The van der Waals surface area contributed by atoms with Crippen molar-refractivity contribution < 1.29 is 17.2 Å². The summed E-state index contributed by atoms with van der Waals surface area (Å²) in [6, 6.07) is 18.1. The highest BCUT2D eigenvalue weighted by Crippen LogP contribution is 2.32. The smallest absolute Gasteiger partial charge is 0.243 e. The number of piperazine rings is 1. The molecule has 4 rings (SSSR count). The number of halogens is 2. The van der Waals surface area contributed by atoms with E-state index in [0.29, 0.717) is 11.6 Å². The van der Waals surface area contributed by atoms with Crippen LogP contribution >= 0.6 is 0 Å². The number of aliphatic imine (C=N–C) groups is 1. The number of hydrogen-bond donors (Lipinski definition) is 1. The third-order valence-corrected chi connectivity index (χ3v) is 7.69. The van der Waals surface area contributed by atoms with Crippen LogP contribution in [0, 0.1) is 30.0 Å². The van der Waals surface area contributed by atoms with E-state index in [1.807, 2.05) is 43.4 Å². The average molecular weight is 496 g/mol. The van der Waals surface area contributed by atoms with E-state index in [1.54, 1.807) is 29.2 Å². The second-order valence-corrected chi connectivity index (χ2v) is 9.96. The van der Waals surface area contributed by atoms with Gasteiger partial charge in [-0.3, -0.25) is 0 Å². The Morgan fingerprint density at radius 1 is 1.03 bits per heavy atom. The molecule has 0 radical (unpaired) electrons. The van der Waals surface area contributed by atoms with Crippen LogP contribution in [0.4, 0.5) is 14.5 Å². The molecule has 0 amide bonds. The maximum Gasteiger partial charge on any atom is 0.243 e. The van der Waals surface area contributed by atoms with Crippen LogP contribution in [-0.4, -0.2) is 43.2 Å². The fourth-order valence-electron chi connectivity index (χ4n) is 4.06. The van der Waals surface area contributed by atoms with Crippen LogP contribution in [0.25, 0.3) is 0 Å². The number of nitriles is 1. The average Bonchev–Trinajstić information content (AvgIpc) is 2.84. The molecule has 35 heavy (non-hydrogen) atoms. The quantitative estimate of drug-likeness (QED) is 0.332. The van der Waals surface area contributed by atoms with E-state index >= 15 is 0 Å². The number of nitrogens with zero attached hydrogens (tertiary/aromatic N) is 4. The molecule has 7 nitrogen and oxygen atoms in total. The van der Waals surface area contributed by atoms with E-state index in [-0.39, 0.29) is 25.6 Å². The van der Waals surface area contributed by atoms with E-state index < -0.39 is 32.6 Å². The second kappa shape index (κ2) is 10.2. The summed E-state index contributed by atoms with van der Waals surface area (Å²) in [6.45, 7) is 2.31. The Bertz CT molecular complexity index is 1370. The van der Waals surface area contributed by atoms with Crippen LogP contribution in [0.2, 0.25) is 0 Å². The Labute approximate surface area is 203 Å². The number of sulfonamides is 1. The zero-order chi connectivity index (χ0) is 25.0. The van der Waals surface area contributed by atoms with Gasteiger partial charge >= 0.3 is 0 Å². The molecule has 3 aromatic rings. The van der Waals surface area contributed by atoms with Crippen molar-refractivity contribution >= 4 is 21.7 Å². The zero-order valence-electron chi connectivity index (χ0n) is 18.9. The first-order chi connectivity index (χ1) is 16.8. The minimum absolute atomic E-state index is 0.0138. The number of rotatable bonds is 4. The lowest BCUT2D eigenvalue weighted by Crippen LogP contribution is -2.53. The van der Waals surface area contributed by atoms with Crippen LogP contribution in [0.15, 0.2) is 82.7 Å². The molecule has 0 bridgehead atoms. The van der Waals surface area contributed by atoms with E-state index in [0.717, 1.165) is 23.4 Å². The van der Waals surface area contributed by atoms with E-state index in [1.165, 1.54) is 4.31 Å². The number of benzene rings is 3. The van der Waals surface area contributed by atoms with Gasteiger partial charge in [-0.2, -0.15) is 9.57 Å². The molecule has 1 heterocycles. The Hall–Kier alpha value is -3.81. The van der Waals surface area contributed by atoms with Crippen molar-refractivity contribution in [2.75, 3.05) is 25.0 Å². The largest absolute Gasteiger partial charge is 0.339 e. The molecular formula is C25H23F2N5O2S. The van der Waals surface area contributed by atoms with Crippen molar-refractivity contribution in [3.05, 3.63) is 95.6 Å². The Morgan fingerprint density at radius 2 is 1.69 bits per heavy atom. The summed E-state index contributed by atoms with van der Waals surface area (Å²) in [6.07, 6.45) is 1.81. The van der Waals surface area contributed by atoms with E-state index in [9.17, 15) is 22.5 Å². The van der Waals surface area contributed by atoms with Crippen molar-refractivity contribution in [2.45, 2.75) is 17.9 Å². The lowest BCUT2D eigenvalue weighted by atomic mass is 10.0. The Balaban J connectivity index is 1.70. The maximum absolute atomic E-state index is 13.9. The highest BCUT2D eigenvalue weighted by molar-refractivity contribution is 7.89. The highest BCUT2D eigenvalue weighted by atomic mass is 32.2. The van der Waals surface area contributed by atoms with Crippen molar-refractivity contribution in [3.8, 4) is 6.19 Å². The van der Waals surface area contributed by atoms with Crippen molar-refractivity contribution in [1.82, 2.24) is 9.21 Å². The monoisotopic (exact) mass is 495 g/mol. The number of anilines is 1. The van der Waals surface area contributed by atoms with Crippen molar-refractivity contribution in [2.24, 2.45) is 4.99 Å². The van der Waals surface area contributed by atoms with Gasteiger partial charge < -0.3 is 10.2 Å². The van der Waals surface area contributed by atoms with Gasteiger partial charge in [-0.15, -0.1) is 4.99 Å². The molecule has 3 aromatic carbocycles. The molecule has 0 saturated carbocycles. The van der Waals surface area contributed by atoms with Crippen LogP contribution in [0.3, 0.4) is 0 Å². The molecule has 1 saturated heterocycles. The van der Waals surface area contributed by atoms with Gasteiger partial charge in [0.15, 0.2) is 0 Å². The lowest BCUT2D eigenvalue weighted by Gasteiger charge is -2.41. The number of nitrogens with one attached hydrogen (secondary N) is 1. The predicted molar refractivity (Wildman–Crippen MR) is 129 cm³/mol. The molecule has 1 N–H and O–H groups in total. The summed E-state index contributed by atoms with van der Waals surface area (Å²) in [5.41, 5.74) is 2.42. The molecule has 0 aromatic heterocycles. The summed E-state index contributed by atoms with van der Waals surface area (Å²) in [5.74, 6) is -1.65. The second-order valence-electron chi connectivity index (χ2n) is 8.07. The Kier molecular flexibility index (Phi) is 7.10. The summed E-state index contributed by atoms with van der Waals surface area (Å²) in [7, 11) is -4.23. The van der Waals surface area contributed by atoms with Gasteiger partial charge in [0.05, 0.1) is 10.9 Å². The number of aryl methyl sites for hydroxylation is 1. The van der Waals surface area contributed by atoms with Gasteiger partial charge in [0.1, 0.15) is 11.6 Å². The molecule has 1 aliphatic rings. The van der Waals surface area contributed by atoms with Crippen LogP contribution in [-0.2, 0) is 10.0 Å². The molecule has 0 spiro atoms. The lowest BCUT2D eigenvalue weighted by molar-refractivity contribution is 0.194. The van der Waals surface area contributed by atoms with Crippen molar-refractivity contribution in [3.63, 3.8) is 0 Å². The van der Waals surface area contributed by atoms with Gasteiger partial charge in [0, 0.05) is 31.4 Å². The normalized spacial score (nSPS) is 17.1.